The molecule has 1 spiro atoms. The van der Waals surface area contributed by atoms with Crippen molar-refractivity contribution in [2.45, 2.75) is 89.0 Å². The zero-order valence-corrected chi connectivity index (χ0v) is 29.8. The fourth-order valence-electron chi connectivity index (χ4n) is 8.09. The summed E-state index contributed by atoms with van der Waals surface area (Å²) >= 11 is 13.6. The minimum absolute atomic E-state index is 0.0238. The van der Waals surface area contributed by atoms with Gasteiger partial charge in [-0.3, -0.25) is 14.5 Å². The number of amides is 2. The number of hydrogen-bond donors (Lipinski definition) is 0. The largest absolute Gasteiger partial charge is 0.338 e. The van der Waals surface area contributed by atoms with Crippen molar-refractivity contribution < 1.29 is 14.0 Å². The van der Waals surface area contributed by atoms with Gasteiger partial charge in [-0.05, 0) is 87.5 Å². The Labute approximate surface area is 290 Å². The number of halogens is 3. The summed E-state index contributed by atoms with van der Waals surface area (Å²) in [6.45, 7) is 10.5. The first-order valence-electron chi connectivity index (χ1n) is 16.6. The van der Waals surface area contributed by atoms with Gasteiger partial charge in [0, 0.05) is 48.7 Å². The van der Waals surface area contributed by atoms with E-state index in [1.54, 1.807) is 18.3 Å². The molecule has 1 aromatic heterocycles. The Balaban J connectivity index is 1.27. The number of aliphatic imine (C=N–C) groups is 1. The van der Waals surface area contributed by atoms with Crippen molar-refractivity contribution in [3.63, 3.8) is 0 Å². The van der Waals surface area contributed by atoms with Crippen LogP contribution in [0.5, 0.6) is 0 Å². The number of rotatable bonds is 6. The number of thioether (sulfide) groups is 1. The number of fused-ring (bicyclic) bond motifs is 1. The number of pyridine rings is 1. The second-order valence-corrected chi connectivity index (χ2v) is 15.9. The molecule has 4 atom stereocenters. The summed E-state index contributed by atoms with van der Waals surface area (Å²) < 4.78 is 15.0. The van der Waals surface area contributed by atoms with Crippen LogP contribution in [0.1, 0.15) is 77.0 Å². The average Bonchev–Trinajstić information content (AvgIpc) is 3.39. The lowest BCUT2D eigenvalue weighted by Gasteiger charge is -2.42. The van der Waals surface area contributed by atoms with Crippen LogP contribution in [0, 0.1) is 11.7 Å². The van der Waals surface area contributed by atoms with Gasteiger partial charge in [0.2, 0.25) is 5.91 Å². The molecular formula is C35H41Cl2FN6O2S. The maximum absolute atomic E-state index is 15.0. The zero-order chi connectivity index (χ0) is 33.4. The fraction of sp³-hybridized carbons (Fsp3) is 0.543. The molecule has 47 heavy (non-hydrogen) atoms. The van der Waals surface area contributed by atoms with Crippen molar-refractivity contribution in [1.29, 1.82) is 0 Å². The molecule has 1 aliphatic carbocycles. The lowest BCUT2D eigenvalue weighted by Crippen LogP contribution is -2.59. The number of carbonyl (C=O) groups excluding carboxylic acids is 2. The van der Waals surface area contributed by atoms with Crippen molar-refractivity contribution in [2.24, 2.45) is 10.9 Å². The molecule has 0 N–H and O–H groups in total. The number of likely N-dealkylation sites (N-methyl/N-ethyl adjacent to an activating group) is 1. The van der Waals surface area contributed by atoms with E-state index in [1.165, 1.54) is 17.8 Å². The third kappa shape index (κ3) is 5.38. The lowest BCUT2D eigenvalue weighted by atomic mass is 9.81. The quantitative estimate of drug-likeness (QED) is 0.308. The summed E-state index contributed by atoms with van der Waals surface area (Å²) in [4.78, 5) is 47.6. The topological polar surface area (TPSA) is 72.4 Å². The molecule has 2 saturated heterocycles. The molecule has 4 aliphatic heterocycles. The second kappa shape index (κ2) is 12.0. The van der Waals surface area contributed by atoms with Crippen LogP contribution >= 0.6 is 35.0 Å². The van der Waals surface area contributed by atoms with E-state index in [0.29, 0.717) is 33.8 Å². The highest BCUT2D eigenvalue weighted by Crippen LogP contribution is 2.56. The zero-order valence-electron chi connectivity index (χ0n) is 27.5. The lowest BCUT2D eigenvalue weighted by molar-refractivity contribution is -0.145. The molecule has 0 radical (unpaired) electrons. The number of likely N-dealkylation sites (tertiary alicyclic amines) is 1. The van der Waals surface area contributed by atoms with Crippen LogP contribution in [-0.2, 0) is 15.1 Å². The molecule has 5 aliphatic rings. The number of amidine groups is 1. The van der Waals surface area contributed by atoms with Gasteiger partial charge in [-0.25, -0.2) is 14.4 Å². The predicted molar refractivity (Wildman–Crippen MR) is 185 cm³/mol. The Kier molecular flexibility index (Phi) is 8.42. The monoisotopic (exact) mass is 698 g/mol. The first kappa shape index (κ1) is 32.9. The van der Waals surface area contributed by atoms with E-state index in [4.69, 9.17) is 28.2 Å². The standard InChI is InChI=1S/C35H41Cl2FN6O2S/c1-6-23-9-11-26(31(45)42-16-15-41(5)35(19-42)13-14-35)43(23)32(46)29-28(20(2)3)44-30(21-7-10-24(36)25(38)17-21)34(4,40-33(44)47-29)22-8-12-27(37)39-18-22/h7-8,10,12,17-18,20,23,26,30H,6,9,11,13-16,19H2,1-5H3/t23-,26+,30-,34+/m1/s1. The van der Waals surface area contributed by atoms with Crippen LogP contribution in [0.15, 0.2) is 52.1 Å². The van der Waals surface area contributed by atoms with Gasteiger partial charge in [0.1, 0.15) is 27.5 Å². The molecule has 2 aromatic rings. The first-order chi connectivity index (χ1) is 22.4. The summed E-state index contributed by atoms with van der Waals surface area (Å²) in [7, 11) is 2.15. The smallest absolute Gasteiger partial charge is 0.263 e. The van der Waals surface area contributed by atoms with Crippen molar-refractivity contribution in [3.8, 4) is 0 Å². The highest BCUT2D eigenvalue weighted by Gasteiger charge is 2.56. The Hall–Kier alpha value is -2.66. The van der Waals surface area contributed by atoms with Crippen LogP contribution < -0.4 is 0 Å². The number of allylic oxidation sites excluding steroid dienone is 1. The molecule has 0 bridgehead atoms. The maximum atomic E-state index is 15.0. The Morgan fingerprint density at radius 3 is 2.53 bits per heavy atom. The third-order valence-electron chi connectivity index (χ3n) is 11.0. The summed E-state index contributed by atoms with van der Waals surface area (Å²) in [6, 6.07) is 7.47. The number of nitrogens with zero attached hydrogens (tertiary/aromatic N) is 6. The highest BCUT2D eigenvalue weighted by atomic mass is 35.5. The van der Waals surface area contributed by atoms with E-state index in [0.717, 1.165) is 50.0 Å². The summed E-state index contributed by atoms with van der Waals surface area (Å²) in [5.41, 5.74) is 1.56. The van der Waals surface area contributed by atoms with Crippen LogP contribution in [0.3, 0.4) is 0 Å². The summed E-state index contributed by atoms with van der Waals surface area (Å²) in [5.74, 6) is -0.639. The molecule has 0 unspecified atom stereocenters. The van der Waals surface area contributed by atoms with Gasteiger partial charge in [0.25, 0.3) is 5.91 Å². The molecule has 5 heterocycles. The van der Waals surface area contributed by atoms with E-state index in [1.807, 2.05) is 28.9 Å². The molecule has 7 rings (SSSR count). The Bertz CT molecular complexity index is 1680. The molecule has 250 valence electrons. The number of aromatic nitrogens is 1. The normalized spacial score (nSPS) is 28.5. The van der Waals surface area contributed by atoms with E-state index in [2.05, 4.69) is 42.6 Å². The van der Waals surface area contributed by atoms with E-state index in [-0.39, 0.29) is 34.3 Å². The molecule has 1 aromatic carbocycles. The first-order valence-corrected chi connectivity index (χ1v) is 18.2. The van der Waals surface area contributed by atoms with Crippen molar-refractivity contribution in [3.05, 3.63) is 74.3 Å². The average molecular weight is 700 g/mol. The number of carbonyl (C=O) groups is 2. The minimum Gasteiger partial charge on any atom is -0.338 e. The Morgan fingerprint density at radius 2 is 1.89 bits per heavy atom. The van der Waals surface area contributed by atoms with E-state index >= 15 is 4.39 Å². The van der Waals surface area contributed by atoms with Gasteiger partial charge in [-0.2, -0.15) is 0 Å². The predicted octanol–water partition coefficient (Wildman–Crippen LogP) is 6.85. The van der Waals surface area contributed by atoms with Gasteiger partial charge >= 0.3 is 0 Å². The van der Waals surface area contributed by atoms with E-state index in [9.17, 15) is 9.59 Å². The van der Waals surface area contributed by atoms with Gasteiger partial charge in [0.15, 0.2) is 5.17 Å². The van der Waals surface area contributed by atoms with Crippen molar-refractivity contribution in [2.75, 3.05) is 26.7 Å². The van der Waals surface area contributed by atoms with Crippen LogP contribution in [0.25, 0.3) is 0 Å². The number of piperazine rings is 1. The molecule has 2 amide bonds. The second-order valence-electron chi connectivity index (χ2n) is 14.1. The molecule has 8 nitrogen and oxygen atoms in total. The van der Waals surface area contributed by atoms with E-state index < -0.39 is 23.4 Å². The van der Waals surface area contributed by atoms with Gasteiger partial charge in [0.05, 0.1) is 11.1 Å². The molecule has 12 heteroatoms. The molecule has 1 saturated carbocycles. The van der Waals surface area contributed by atoms with Crippen LogP contribution in [0.4, 0.5) is 4.39 Å². The minimum atomic E-state index is -0.868. The highest BCUT2D eigenvalue weighted by molar-refractivity contribution is 8.18. The molecular weight excluding hydrogens is 658 g/mol. The van der Waals surface area contributed by atoms with Crippen molar-refractivity contribution in [1.82, 2.24) is 24.6 Å². The van der Waals surface area contributed by atoms with Crippen LogP contribution in [-0.4, -0.2) is 85.9 Å². The summed E-state index contributed by atoms with van der Waals surface area (Å²) in [5, 5.41) is 1.07. The third-order valence-corrected chi connectivity index (χ3v) is 12.5. The fourth-order valence-corrected chi connectivity index (χ4v) is 9.67. The maximum Gasteiger partial charge on any atom is 0.263 e. The summed E-state index contributed by atoms with van der Waals surface area (Å²) in [6.07, 6.45) is 6.17. The van der Waals surface area contributed by atoms with Crippen molar-refractivity contribution >= 4 is 51.9 Å². The van der Waals surface area contributed by atoms with Gasteiger partial charge < -0.3 is 14.7 Å². The number of benzene rings is 1. The Morgan fingerprint density at radius 1 is 1.13 bits per heavy atom. The SMILES string of the molecule is CC[C@@H]1CC[C@@H](C(=O)N2CCN(C)C3(CC3)C2)N1C(=O)C1=C(C(C)C)N2C(=N[C@@](C)(c3ccc(Cl)nc3)[C@H]2c2ccc(Cl)c(F)c2)S1. The van der Waals surface area contributed by atoms with Gasteiger partial charge in [-0.15, -0.1) is 0 Å². The van der Waals surface area contributed by atoms with Crippen LogP contribution in [0.2, 0.25) is 10.2 Å². The molecule has 3 fully saturated rings. The van der Waals surface area contributed by atoms with Gasteiger partial charge in [-0.1, -0.05) is 56.1 Å². The number of hydrogen-bond acceptors (Lipinski definition) is 7.